The number of nitrogens with zero attached hydrogens (tertiary/aromatic N) is 1. The summed E-state index contributed by atoms with van der Waals surface area (Å²) in [5, 5.41) is 8.02. The highest BCUT2D eigenvalue weighted by Gasteiger charge is 2.25. The minimum atomic E-state index is -3.94. The predicted molar refractivity (Wildman–Crippen MR) is 99.1 cm³/mol. The van der Waals surface area contributed by atoms with Gasteiger partial charge in [-0.2, -0.15) is 0 Å². The van der Waals surface area contributed by atoms with Crippen molar-refractivity contribution in [2.75, 3.05) is 5.32 Å². The number of carbonyl (C=O) groups excluding carboxylic acids is 1. The highest BCUT2D eigenvalue weighted by Crippen LogP contribution is 2.25. The average molecular weight is 381 g/mol. The van der Waals surface area contributed by atoms with Crippen LogP contribution in [-0.2, 0) is 23.5 Å². The molecule has 142 valence electrons. The lowest BCUT2D eigenvalue weighted by molar-refractivity contribution is 0.101. The fourth-order valence-electron chi connectivity index (χ4n) is 2.90. The van der Waals surface area contributed by atoms with E-state index in [1.54, 1.807) is 14.0 Å². The summed E-state index contributed by atoms with van der Waals surface area (Å²) in [4.78, 5) is 12.7. The fraction of sp³-hybridized carbons (Fsp3) is 0.389. The summed E-state index contributed by atoms with van der Waals surface area (Å²) in [7, 11) is -2.34. The molecule has 3 N–H and O–H groups in total. The van der Waals surface area contributed by atoms with Crippen LogP contribution in [0.2, 0.25) is 0 Å². The van der Waals surface area contributed by atoms with Crippen LogP contribution in [0.5, 0.6) is 0 Å². The summed E-state index contributed by atoms with van der Waals surface area (Å²) in [5.74, 6) is -0.821. The van der Waals surface area contributed by atoms with Crippen LogP contribution in [0.15, 0.2) is 29.3 Å². The molecule has 0 saturated heterocycles. The Hall–Kier alpha value is -2.19. The normalized spacial score (nSPS) is 11.6. The minimum absolute atomic E-state index is 0.0310. The molecule has 1 aromatic carbocycles. The van der Waals surface area contributed by atoms with E-state index in [0.717, 1.165) is 19.3 Å². The zero-order valence-corrected chi connectivity index (χ0v) is 16.0. The maximum atomic E-state index is 13.4. The first-order chi connectivity index (χ1) is 12.1. The number of hydrogen-bond donors (Lipinski definition) is 2. The number of amides is 1. The molecular weight excluding hydrogens is 357 g/mol. The highest BCUT2D eigenvalue weighted by molar-refractivity contribution is 7.89. The van der Waals surface area contributed by atoms with Crippen molar-refractivity contribution in [3.05, 3.63) is 47.0 Å². The van der Waals surface area contributed by atoms with Gasteiger partial charge in [0.15, 0.2) is 0 Å². The summed E-state index contributed by atoms with van der Waals surface area (Å²) in [6.45, 7) is 3.64. The molecule has 2 rings (SSSR count). The van der Waals surface area contributed by atoms with Crippen LogP contribution in [-0.4, -0.2) is 18.9 Å². The Morgan fingerprint density at radius 1 is 1.31 bits per heavy atom. The maximum absolute atomic E-state index is 13.4. The number of nitrogens with two attached hydrogens (primary N) is 1. The number of primary sulfonamides is 1. The Labute approximate surface area is 153 Å². The van der Waals surface area contributed by atoms with Crippen molar-refractivity contribution in [3.8, 4) is 0 Å². The molecule has 0 saturated carbocycles. The van der Waals surface area contributed by atoms with Gasteiger partial charge in [0.1, 0.15) is 16.4 Å². The standard InChI is InChI=1S/C18H24FN3O3S/c1-4-5-6-7-14-16(26(20,24)25)11-22(3)17(14)18(23)21-13-8-9-15(19)12(2)10-13/h8-11H,4-7H2,1-3H3,(H,21,23)(H2,20,24,25). The number of sulfonamides is 1. The van der Waals surface area contributed by atoms with Crippen LogP contribution >= 0.6 is 0 Å². The number of nitrogens with one attached hydrogen (secondary N) is 1. The summed E-state index contributed by atoms with van der Waals surface area (Å²) in [5.41, 5.74) is 1.50. The summed E-state index contributed by atoms with van der Waals surface area (Å²) < 4.78 is 38.7. The average Bonchev–Trinajstić information content (AvgIpc) is 2.88. The van der Waals surface area contributed by atoms with Gasteiger partial charge in [-0.05, 0) is 43.5 Å². The van der Waals surface area contributed by atoms with Gasteiger partial charge in [0.25, 0.3) is 5.91 Å². The molecule has 0 aliphatic carbocycles. The van der Waals surface area contributed by atoms with Gasteiger partial charge in [0.05, 0.1) is 0 Å². The molecule has 2 aromatic rings. The molecule has 8 heteroatoms. The molecule has 1 heterocycles. The third-order valence-electron chi connectivity index (χ3n) is 4.21. The van der Waals surface area contributed by atoms with Gasteiger partial charge in [0.2, 0.25) is 10.0 Å². The van der Waals surface area contributed by atoms with Crippen molar-refractivity contribution in [2.45, 2.75) is 44.4 Å². The molecule has 26 heavy (non-hydrogen) atoms. The van der Waals surface area contributed by atoms with Gasteiger partial charge in [0, 0.05) is 24.5 Å². The third kappa shape index (κ3) is 4.50. The molecule has 0 spiro atoms. The molecule has 0 bridgehead atoms. The summed E-state index contributed by atoms with van der Waals surface area (Å²) in [6, 6.07) is 4.25. The first kappa shape index (κ1) is 20.1. The van der Waals surface area contributed by atoms with Crippen LogP contribution in [0.1, 0.15) is 47.8 Å². The number of anilines is 1. The second-order valence-corrected chi connectivity index (χ2v) is 7.88. The molecule has 1 amide bonds. The van der Waals surface area contributed by atoms with Gasteiger partial charge >= 0.3 is 0 Å². The van der Waals surface area contributed by atoms with Crippen molar-refractivity contribution < 1.29 is 17.6 Å². The Kier molecular flexibility index (Phi) is 6.20. The molecule has 0 aliphatic rings. The van der Waals surface area contributed by atoms with E-state index >= 15 is 0 Å². The molecule has 0 radical (unpaired) electrons. The number of halogens is 1. The first-order valence-electron chi connectivity index (χ1n) is 8.43. The van der Waals surface area contributed by atoms with E-state index in [4.69, 9.17) is 5.14 Å². The van der Waals surface area contributed by atoms with Crippen molar-refractivity contribution in [2.24, 2.45) is 12.2 Å². The van der Waals surface area contributed by atoms with E-state index in [0.29, 0.717) is 23.2 Å². The van der Waals surface area contributed by atoms with Crippen LogP contribution in [0, 0.1) is 12.7 Å². The zero-order chi connectivity index (χ0) is 19.5. The van der Waals surface area contributed by atoms with Crippen molar-refractivity contribution in [1.29, 1.82) is 0 Å². The van der Waals surface area contributed by atoms with E-state index in [-0.39, 0.29) is 16.4 Å². The van der Waals surface area contributed by atoms with E-state index in [1.807, 2.05) is 6.92 Å². The summed E-state index contributed by atoms with van der Waals surface area (Å²) >= 11 is 0. The lowest BCUT2D eigenvalue weighted by Gasteiger charge is -2.10. The molecule has 0 atom stereocenters. The number of unbranched alkanes of at least 4 members (excludes halogenated alkanes) is 2. The van der Waals surface area contributed by atoms with Gasteiger partial charge in [-0.15, -0.1) is 0 Å². The fourth-order valence-corrected chi connectivity index (χ4v) is 3.74. The van der Waals surface area contributed by atoms with E-state index in [9.17, 15) is 17.6 Å². The second-order valence-electron chi connectivity index (χ2n) is 6.35. The largest absolute Gasteiger partial charge is 0.345 e. The van der Waals surface area contributed by atoms with Gasteiger partial charge in [-0.1, -0.05) is 19.8 Å². The van der Waals surface area contributed by atoms with E-state index in [2.05, 4.69) is 5.32 Å². The molecule has 0 aliphatic heterocycles. The monoisotopic (exact) mass is 381 g/mol. The third-order valence-corrected chi connectivity index (χ3v) is 5.18. The van der Waals surface area contributed by atoms with E-state index < -0.39 is 15.9 Å². The number of aromatic nitrogens is 1. The minimum Gasteiger partial charge on any atom is -0.345 e. The maximum Gasteiger partial charge on any atom is 0.272 e. The molecule has 6 nitrogen and oxygen atoms in total. The topological polar surface area (TPSA) is 94.2 Å². The molecule has 0 fully saturated rings. The van der Waals surface area contributed by atoms with Crippen molar-refractivity contribution in [3.63, 3.8) is 0 Å². The van der Waals surface area contributed by atoms with Crippen LogP contribution in [0.25, 0.3) is 0 Å². The van der Waals surface area contributed by atoms with Crippen molar-refractivity contribution in [1.82, 2.24) is 4.57 Å². The lowest BCUT2D eigenvalue weighted by Crippen LogP contribution is -2.18. The lowest BCUT2D eigenvalue weighted by atomic mass is 10.1. The van der Waals surface area contributed by atoms with Gasteiger partial charge in [-0.3, -0.25) is 4.79 Å². The molecule has 0 unspecified atom stereocenters. The van der Waals surface area contributed by atoms with Crippen LogP contribution < -0.4 is 10.5 Å². The second kappa shape index (κ2) is 8.01. The molecular formula is C18H24FN3O3S. The SMILES string of the molecule is CCCCCc1c(S(N)(=O)=O)cn(C)c1C(=O)Nc1ccc(F)c(C)c1. The number of rotatable bonds is 7. The zero-order valence-electron chi connectivity index (χ0n) is 15.2. The Balaban J connectivity index is 2.41. The Morgan fingerprint density at radius 3 is 2.58 bits per heavy atom. The van der Waals surface area contributed by atoms with Crippen LogP contribution in [0.4, 0.5) is 10.1 Å². The highest BCUT2D eigenvalue weighted by atomic mass is 32.2. The summed E-state index contributed by atoms with van der Waals surface area (Å²) in [6.07, 6.45) is 4.43. The number of carbonyl (C=O) groups is 1. The van der Waals surface area contributed by atoms with Crippen LogP contribution in [0.3, 0.4) is 0 Å². The van der Waals surface area contributed by atoms with Gasteiger partial charge < -0.3 is 9.88 Å². The Bertz CT molecular complexity index is 920. The Morgan fingerprint density at radius 2 is 2.00 bits per heavy atom. The first-order valence-corrected chi connectivity index (χ1v) is 9.98. The number of hydrogen-bond acceptors (Lipinski definition) is 3. The quantitative estimate of drug-likeness (QED) is 0.722. The van der Waals surface area contributed by atoms with Crippen molar-refractivity contribution >= 4 is 21.6 Å². The van der Waals surface area contributed by atoms with E-state index in [1.165, 1.54) is 29.0 Å². The molecule has 1 aromatic heterocycles. The van der Waals surface area contributed by atoms with Gasteiger partial charge in [-0.25, -0.2) is 17.9 Å². The number of benzene rings is 1. The number of aryl methyl sites for hydroxylation is 2. The predicted octanol–water partition coefficient (Wildman–Crippen LogP) is 3.11. The smallest absolute Gasteiger partial charge is 0.272 e.